The molecule has 29 heavy (non-hydrogen) atoms. The number of fused-ring (bicyclic) bond motifs is 1. The molecule has 0 aliphatic rings. The number of rotatable bonds is 9. The predicted octanol–water partition coefficient (Wildman–Crippen LogP) is 3.02. The predicted molar refractivity (Wildman–Crippen MR) is 116 cm³/mol. The summed E-state index contributed by atoms with van der Waals surface area (Å²) >= 11 is 1.46. The average Bonchev–Trinajstić information content (AvgIpc) is 3.07. The maximum absolute atomic E-state index is 12.1. The number of ketones is 1. The van der Waals surface area contributed by atoms with Gasteiger partial charge >= 0.3 is 0 Å². The Bertz CT molecular complexity index is 1120. The van der Waals surface area contributed by atoms with E-state index in [1.54, 1.807) is 0 Å². The molecule has 0 atom stereocenters. The Morgan fingerprint density at radius 1 is 1.07 bits per heavy atom. The van der Waals surface area contributed by atoms with Gasteiger partial charge in [0.25, 0.3) is 0 Å². The number of carbonyl (C=O) groups is 2. The van der Waals surface area contributed by atoms with Crippen LogP contribution in [-0.4, -0.2) is 43.6 Å². The zero-order chi connectivity index (χ0) is 20.9. The Morgan fingerprint density at radius 3 is 2.55 bits per heavy atom. The van der Waals surface area contributed by atoms with Crippen molar-refractivity contribution >= 4 is 43.1 Å². The molecule has 0 saturated heterocycles. The largest absolute Gasteiger partial charge is 0.349 e. The summed E-state index contributed by atoms with van der Waals surface area (Å²) in [5.74, 6) is -0.480. The van der Waals surface area contributed by atoms with E-state index < -0.39 is 9.84 Å². The standard InChI is InChI=1S/C21H22N2O4S2/c1-29(26,27)11-5-8-17(24)14-22-20(25)13-21-23-18-10-9-16(12-19(18)28-21)15-6-3-2-4-7-15/h2-4,6-7,9-10,12H,5,8,11,13-14H2,1H3,(H,22,25). The zero-order valence-electron chi connectivity index (χ0n) is 16.1. The summed E-state index contributed by atoms with van der Waals surface area (Å²) in [6, 6.07) is 16.1. The van der Waals surface area contributed by atoms with Crippen LogP contribution < -0.4 is 5.32 Å². The van der Waals surface area contributed by atoms with Gasteiger partial charge in [-0.1, -0.05) is 36.4 Å². The Balaban J connectivity index is 1.54. The molecule has 152 valence electrons. The molecule has 0 radical (unpaired) electrons. The molecule has 0 aliphatic carbocycles. The topological polar surface area (TPSA) is 93.2 Å². The third kappa shape index (κ3) is 6.47. The van der Waals surface area contributed by atoms with Gasteiger partial charge in [0, 0.05) is 12.7 Å². The first-order chi connectivity index (χ1) is 13.8. The summed E-state index contributed by atoms with van der Waals surface area (Å²) in [5.41, 5.74) is 3.06. The van der Waals surface area contributed by atoms with E-state index in [-0.39, 0.29) is 43.3 Å². The van der Waals surface area contributed by atoms with Gasteiger partial charge in [0.15, 0.2) is 5.78 Å². The van der Waals surface area contributed by atoms with Gasteiger partial charge in [0.2, 0.25) is 5.91 Å². The molecule has 3 aromatic rings. The van der Waals surface area contributed by atoms with E-state index in [1.165, 1.54) is 11.3 Å². The van der Waals surface area contributed by atoms with E-state index in [0.29, 0.717) is 5.01 Å². The van der Waals surface area contributed by atoms with Gasteiger partial charge in [-0.25, -0.2) is 13.4 Å². The van der Waals surface area contributed by atoms with Crippen molar-refractivity contribution in [3.8, 4) is 11.1 Å². The molecular formula is C21H22N2O4S2. The molecule has 0 fully saturated rings. The molecule has 8 heteroatoms. The Hall–Kier alpha value is -2.58. The number of nitrogens with zero attached hydrogens (tertiary/aromatic N) is 1. The number of thiazole rings is 1. The highest BCUT2D eigenvalue weighted by atomic mass is 32.2. The smallest absolute Gasteiger partial charge is 0.227 e. The number of benzene rings is 2. The van der Waals surface area contributed by atoms with Gasteiger partial charge in [-0.2, -0.15) is 0 Å². The second kappa shape index (κ2) is 9.28. The third-order valence-corrected chi connectivity index (χ3v) is 6.35. The summed E-state index contributed by atoms with van der Waals surface area (Å²) in [5, 5.41) is 3.28. The first-order valence-corrected chi connectivity index (χ1v) is 12.1. The lowest BCUT2D eigenvalue weighted by Gasteiger charge is -2.03. The molecule has 0 aliphatic heterocycles. The lowest BCUT2D eigenvalue weighted by Crippen LogP contribution is -2.30. The number of hydrogen-bond donors (Lipinski definition) is 1. The third-order valence-electron chi connectivity index (χ3n) is 4.31. The monoisotopic (exact) mass is 430 g/mol. The van der Waals surface area contributed by atoms with E-state index in [2.05, 4.69) is 16.4 Å². The Kier molecular flexibility index (Phi) is 6.76. The molecule has 1 N–H and O–H groups in total. The number of sulfone groups is 1. The maximum atomic E-state index is 12.1. The fourth-order valence-corrected chi connectivity index (χ4v) is 4.55. The summed E-state index contributed by atoms with van der Waals surface area (Å²) in [7, 11) is -3.07. The molecule has 0 saturated carbocycles. The number of Topliss-reactive ketones (excluding diaryl/α,β-unsaturated/α-hetero) is 1. The molecule has 1 heterocycles. The van der Waals surface area contributed by atoms with Crippen molar-refractivity contribution < 1.29 is 18.0 Å². The van der Waals surface area contributed by atoms with Gasteiger partial charge in [0.05, 0.1) is 28.9 Å². The van der Waals surface area contributed by atoms with Crippen LogP contribution in [0.3, 0.4) is 0 Å². The van der Waals surface area contributed by atoms with Crippen LogP contribution in [0.25, 0.3) is 21.3 Å². The van der Waals surface area contributed by atoms with Crippen LogP contribution >= 0.6 is 11.3 Å². The van der Waals surface area contributed by atoms with E-state index in [9.17, 15) is 18.0 Å². The summed E-state index contributed by atoms with van der Waals surface area (Å²) in [6.07, 6.45) is 1.66. The minimum absolute atomic E-state index is 0.0244. The van der Waals surface area contributed by atoms with Gasteiger partial charge in [-0.15, -0.1) is 11.3 Å². The maximum Gasteiger partial charge on any atom is 0.227 e. The number of carbonyl (C=O) groups excluding carboxylic acids is 2. The van der Waals surface area contributed by atoms with Crippen molar-refractivity contribution in [2.45, 2.75) is 19.3 Å². The Labute approximate surface area is 173 Å². The molecule has 0 spiro atoms. The minimum Gasteiger partial charge on any atom is -0.349 e. The van der Waals surface area contributed by atoms with E-state index in [4.69, 9.17) is 0 Å². The normalized spacial score (nSPS) is 11.5. The SMILES string of the molecule is CS(=O)(=O)CCCC(=O)CNC(=O)Cc1nc2ccc(-c3ccccc3)cc2s1. The first kappa shape index (κ1) is 21.1. The lowest BCUT2D eigenvalue weighted by molar-refractivity contribution is -0.124. The van der Waals surface area contributed by atoms with E-state index >= 15 is 0 Å². The van der Waals surface area contributed by atoms with Gasteiger partial charge in [0.1, 0.15) is 14.8 Å². The summed E-state index contributed by atoms with van der Waals surface area (Å²) in [6.45, 7) is -0.0916. The van der Waals surface area contributed by atoms with E-state index in [1.807, 2.05) is 42.5 Å². The molecule has 0 bridgehead atoms. The van der Waals surface area contributed by atoms with Gasteiger partial charge < -0.3 is 5.32 Å². The zero-order valence-corrected chi connectivity index (χ0v) is 17.7. The average molecular weight is 431 g/mol. The van der Waals surface area contributed by atoms with Crippen LogP contribution in [0.2, 0.25) is 0 Å². The van der Waals surface area contributed by atoms with Crippen LogP contribution in [0.1, 0.15) is 17.8 Å². The number of hydrogen-bond acceptors (Lipinski definition) is 6. The fourth-order valence-electron chi connectivity index (χ4n) is 2.88. The number of nitrogens with one attached hydrogen (secondary N) is 1. The van der Waals surface area contributed by atoms with Crippen molar-refractivity contribution in [2.75, 3.05) is 18.6 Å². The van der Waals surface area contributed by atoms with Gasteiger partial charge in [-0.05, 0) is 29.7 Å². The minimum atomic E-state index is -3.07. The second-order valence-corrected chi connectivity index (χ2v) is 10.3. The number of amides is 1. The Morgan fingerprint density at radius 2 is 1.83 bits per heavy atom. The summed E-state index contributed by atoms with van der Waals surface area (Å²) < 4.78 is 23.1. The lowest BCUT2D eigenvalue weighted by atomic mass is 10.1. The van der Waals surface area contributed by atoms with Crippen LogP contribution in [0.15, 0.2) is 48.5 Å². The molecule has 1 aromatic heterocycles. The highest BCUT2D eigenvalue weighted by molar-refractivity contribution is 7.90. The van der Waals surface area contributed by atoms with Gasteiger partial charge in [-0.3, -0.25) is 9.59 Å². The van der Waals surface area contributed by atoms with Crippen molar-refractivity contribution in [1.29, 1.82) is 0 Å². The molecule has 6 nitrogen and oxygen atoms in total. The highest BCUT2D eigenvalue weighted by Gasteiger charge is 2.12. The molecule has 3 rings (SSSR count). The van der Waals surface area contributed by atoms with Crippen molar-refractivity contribution in [1.82, 2.24) is 10.3 Å². The first-order valence-electron chi connectivity index (χ1n) is 9.21. The van der Waals surface area contributed by atoms with Crippen LogP contribution in [-0.2, 0) is 25.8 Å². The number of aromatic nitrogens is 1. The van der Waals surface area contributed by atoms with Crippen LogP contribution in [0, 0.1) is 0 Å². The molecular weight excluding hydrogens is 408 g/mol. The summed E-state index contributed by atoms with van der Waals surface area (Å²) in [4.78, 5) is 28.4. The van der Waals surface area contributed by atoms with Crippen molar-refractivity contribution in [2.24, 2.45) is 0 Å². The quantitative estimate of drug-likeness (QED) is 0.563. The molecule has 1 amide bonds. The van der Waals surface area contributed by atoms with Crippen molar-refractivity contribution in [3.05, 3.63) is 53.5 Å². The molecule has 0 unspecified atom stereocenters. The fraction of sp³-hybridized carbons (Fsp3) is 0.286. The highest BCUT2D eigenvalue weighted by Crippen LogP contribution is 2.28. The molecule has 2 aromatic carbocycles. The van der Waals surface area contributed by atoms with E-state index in [0.717, 1.165) is 27.6 Å². The second-order valence-electron chi connectivity index (χ2n) is 6.88. The van der Waals surface area contributed by atoms with Crippen molar-refractivity contribution in [3.63, 3.8) is 0 Å². The van der Waals surface area contributed by atoms with Crippen LogP contribution in [0.4, 0.5) is 0 Å². The van der Waals surface area contributed by atoms with Crippen LogP contribution in [0.5, 0.6) is 0 Å².